The third kappa shape index (κ3) is 3.31. The average molecular weight is 224 g/mol. The number of rotatable bonds is 5. The lowest BCUT2D eigenvalue weighted by molar-refractivity contribution is -0.118. The van der Waals surface area contributed by atoms with Crippen molar-refractivity contribution in [3.63, 3.8) is 0 Å². The summed E-state index contributed by atoms with van der Waals surface area (Å²) in [5.41, 5.74) is 6.01. The van der Waals surface area contributed by atoms with E-state index in [0.717, 1.165) is 0 Å². The highest BCUT2D eigenvalue weighted by Crippen LogP contribution is 2.16. The van der Waals surface area contributed by atoms with Crippen molar-refractivity contribution in [1.82, 2.24) is 0 Å². The maximum absolute atomic E-state index is 13.1. The Morgan fingerprint density at radius 2 is 2.25 bits per heavy atom. The van der Waals surface area contributed by atoms with Gasteiger partial charge in [0.25, 0.3) is 0 Å². The molecular weight excluding hydrogens is 207 g/mol. The minimum Gasteiger partial charge on any atom is -0.330 e. The van der Waals surface area contributed by atoms with E-state index < -0.39 is 0 Å². The van der Waals surface area contributed by atoms with Crippen LogP contribution in [0, 0.1) is 5.82 Å². The fourth-order valence-corrected chi connectivity index (χ4v) is 1.48. The van der Waals surface area contributed by atoms with E-state index in [2.05, 4.69) is 0 Å². The number of benzene rings is 1. The summed E-state index contributed by atoms with van der Waals surface area (Å²) in [4.78, 5) is 13.3. The number of hydrogen-bond donors (Lipinski definition) is 1. The Kier molecular flexibility index (Phi) is 4.92. The molecule has 0 saturated carbocycles. The Hall–Kier alpha value is -1.42. The summed E-state index contributed by atoms with van der Waals surface area (Å²) in [6.45, 7) is 2.84. The highest BCUT2D eigenvalue weighted by molar-refractivity contribution is 5.93. The van der Waals surface area contributed by atoms with Crippen molar-refractivity contribution < 1.29 is 9.18 Å². The standard InChI is InChI=1S/C12H17FN2O/c1-2-12(16)15(8-4-7-14)11-6-3-5-10(13)9-11/h3,5-6,9H,2,4,7-8,14H2,1H3. The summed E-state index contributed by atoms with van der Waals surface area (Å²) in [6.07, 6.45) is 1.11. The van der Waals surface area contributed by atoms with Gasteiger partial charge in [0.2, 0.25) is 5.91 Å². The van der Waals surface area contributed by atoms with Gasteiger partial charge in [-0.2, -0.15) is 0 Å². The van der Waals surface area contributed by atoms with E-state index in [1.165, 1.54) is 12.1 Å². The van der Waals surface area contributed by atoms with Gasteiger partial charge in [-0.3, -0.25) is 4.79 Å². The molecule has 0 radical (unpaired) electrons. The van der Waals surface area contributed by atoms with Crippen molar-refractivity contribution in [3.8, 4) is 0 Å². The van der Waals surface area contributed by atoms with Crippen LogP contribution >= 0.6 is 0 Å². The Morgan fingerprint density at radius 3 is 2.81 bits per heavy atom. The van der Waals surface area contributed by atoms with Crippen molar-refractivity contribution >= 4 is 11.6 Å². The Morgan fingerprint density at radius 1 is 1.50 bits per heavy atom. The van der Waals surface area contributed by atoms with Crippen LogP contribution in [0.4, 0.5) is 10.1 Å². The van der Waals surface area contributed by atoms with Gasteiger partial charge in [0, 0.05) is 18.7 Å². The quantitative estimate of drug-likeness (QED) is 0.830. The number of nitrogens with zero attached hydrogens (tertiary/aromatic N) is 1. The van der Waals surface area contributed by atoms with Crippen LogP contribution < -0.4 is 10.6 Å². The molecule has 1 amide bonds. The summed E-state index contributed by atoms with van der Waals surface area (Å²) in [5, 5.41) is 0. The first kappa shape index (κ1) is 12.6. The molecule has 0 saturated heterocycles. The van der Waals surface area contributed by atoms with Gasteiger partial charge in [-0.25, -0.2) is 4.39 Å². The summed E-state index contributed by atoms with van der Waals surface area (Å²) in [6, 6.07) is 6.06. The van der Waals surface area contributed by atoms with E-state index in [-0.39, 0.29) is 11.7 Å². The second-order valence-corrected chi connectivity index (χ2v) is 3.52. The minimum absolute atomic E-state index is 0.0148. The molecule has 0 heterocycles. The SMILES string of the molecule is CCC(=O)N(CCCN)c1cccc(F)c1. The lowest BCUT2D eigenvalue weighted by Gasteiger charge is -2.22. The average Bonchev–Trinajstić information content (AvgIpc) is 2.29. The molecule has 0 aliphatic carbocycles. The molecule has 4 heteroatoms. The van der Waals surface area contributed by atoms with Gasteiger partial charge >= 0.3 is 0 Å². The topological polar surface area (TPSA) is 46.3 Å². The lowest BCUT2D eigenvalue weighted by atomic mass is 10.2. The number of nitrogens with two attached hydrogens (primary N) is 1. The van der Waals surface area contributed by atoms with Crippen LogP contribution in [0.25, 0.3) is 0 Å². The fraction of sp³-hybridized carbons (Fsp3) is 0.417. The lowest BCUT2D eigenvalue weighted by Crippen LogP contribution is -2.32. The van der Waals surface area contributed by atoms with Gasteiger partial charge in [0.05, 0.1) is 0 Å². The van der Waals surface area contributed by atoms with Gasteiger partial charge < -0.3 is 10.6 Å². The summed E-state index contributed by atoms with van der Waals surface area (Å²) in [5.74, 6) is -0.349. The van der Waals surface area contributed by atoms with E-state index >= 15 is 0 Å². The van der Waals surface area contributed by atoms with Crippen LogP contribution in [-0.2, 0) is 4.79 Å². The Balaban J connectivity index is 2.87. The third-order valence-corrected chi connectivity index (χ3v) is 2.31. The highest BCUT2D eigenvalue weighted by Gasteiger charge is 2.13. The number of anilines is 1. The zero-order chi connectivity index (χ0) is 12.0. The van der Waals surface area contributed by atoms with E-state index in [0.29, 0.717) is 31.6 Å². The van der Waals surface area contributed by atoms with Crippen LogP contribution in [0.15, 0.2) is 24.3 Å². The normalized spacial score (nSPS) is 10.2. The molecular formula is C12H17FN2O. The largest absolute Gasteiger partial charge is 0.330 e. The number of carbonyl (C=O) groups excluding carboxylic acids is 1. The van der Waals surface area contributed by atoms with E-state index in [1.807, 2.05) is 0 Å². The Bertz CT molecular complexity index is 355. The number of amides is 1. The first-order valence-corrected chi connectivity index (χ1v) is 5.45. The molecule has 0 atom stereocenters. The van der Waals surface area contributed by atoms with Crippen LogP contribution in [0.3, 0.4) is 0 Å². The maximum atomic E-state index is 13.1. The van der Waals surface area contributed by atoms with E-state index in [9.17, 15) is 9.18 Å². The molecule has 88 valence electrons. The molecule has 0 bridgehead atoms. The molecule has 0 unspecified atom stereocenters. The first-order valence-electron chi connectivity index (χ1n) is 5.45. The second kappa shape index (κ2) is 6.23. The van der Waals surface area contributed by atoms with Crippen molar-refractivity contribution in [2.75, 3.05) is 18.0 Å². The van der Waals surface area contributed by atoms with Crippen molar-refractivity contribution in [2.24, 2.45) is 5.73 Å². The van der Waals surface area contributed by atoms with Gasteiger partial charge in [0.1, 0.15) is 5.82 Å². The molecule has 2 N–H and O–H groups in total. The highest BCUT2D eigenvalue weighted by atomic mass is 19.1. The molecule has 0 fully saturated rings. The second-order valence-electron chi connectivity index (χ2n) is 3.52. The van der Waals surface area contributed by atoms with Crippen LogP contribution in [-0.4, -0.2) is 19.0 Å². The number of carbonyl (C=O) groups is 1. The number of hydrogen-bond acceptors (Lipinski definition) is 2. The third-order valence-electron chi connectivity index (χ3n) is 2.31. The number of halogens is 1. The molecule has 1 aromatic rings. The van der Waals surface area contributed by atoms with Crippen LogP contribution in [0.5, 0.6) is 0 Å². The van der Waals surface area contributed by atoms with Gasteiger partial charge in [-0.1, -0.05) is 13.0 Å². The predicted octanol–water partition coefficient (Wildman–Crippen LogP) is 1.92. The summed E-state index contributed by atoms with van der Waals surface area (Å²) in [7, 11) is 0. The molecule has 0 aromatic heterocycles. The molecule has 0 spiro atoms. The minimum atomic E-state index is -0.334. The monoisotopic (exact) mass is 224 g/mol. The van der Waals surface area contributed by atoms with Crippen LogP contribution in [0.1, 0.15) is 19.8 Å². The van der Waals surface area contributed by atoms with Crippen molar-refractivity contribution in [3.05, 3.63) is 30.1 Å². The zero-order valence-electron chi connectivity index (χ0n) is 9.45. The van der Waals surface area contributed by atoms with E-state index in [4.69, 9.17) is 5.73 Å². The molecule has 16 heavy (non-hydrogen) atoms. The zero-order valence-corrected chi connectivity index (χ0v) is 9.45. The molecule has 0 aliphatic rings. The van der Waals surface area contributed by atoms with Crippen molar-refractivity contribution in [1.29, 1.82) is 0 Å². The smallest absolute Gasteiger partial charge is 0.226 e. The Labute approximate surface area is 95.0 Å². The van der Waals surface area contributed by atoms with Gasteiger partial charge in [0.15, 0.2) is 0 Å². The fourth-order valence-electron chi connectivity index (χ4n) is 1.48. The molecule has 1 rings (SSSR count). The molecule has 1 aromatic carbocycles. The predicted molar refractivity (Wildman–Crippen MR) is 62.7 cm³/mol. The van der Waals surface area contributed by atoms with Gasteiger partial charge in [-0.05, 0) is 31.2 Å². The summed E-state index contributed by atoms with van der Waals surface area (Å²) < 4.78 is 13.1. The molecule has 0 aliphatic heterocycles. The maximum Gasteiger partial charge on any atom is 0.226 e. The van der Waals surface area contributed by atoms with Gasteiger partial charge in [-0.15, -0.1) is 0 Å². The van der Waals surface area contributed by atoms with Crippen molar-refractivity contribution in [2.45, 2.75) is 19.8 Å². The molecule has 3 nitrogen and oxygen atoms in total. The van der Waals surface area contributed by atoms with E-state index in [1.54, 1.807) is 24.0 Å². The first-order chi connectivity index (χ1) is 7.69. The van der Waals surface area contributed by atoms with Crippen LogP contribution in [0.2, 0.25) is 0 Å². The summed E-state index contributed by atoms with van der Waals surface area (Å²) >= 11 is 0.